The van der Waals surface area contributed by atoms with Crippen LogP contribution in [0.3, 0.4) is 0 Å². The van der Waals surface area contributed by atoms with Gasteiger partial charge in [-0.3, -0.25) is 0 Å². The van der Waals surface area contributed by atoms with Crippen LogP contribution in [0.5, 0.6) is 0 Å². The zero-order chi connectivity index (χ0) is 9.97. The number of anilines is 1. The van der Waals surface area contributed by atoms with Crippen molar-refractivity contribution in [1.82, 2.24) is 9.59 Å². The van der Waals surface area contributed by atoms with Crippen molar-refractivity contribution in [3.63, 3.8) is 0 Å². The summed E-state index contributed by atoms with van der Waals surface area (Å²) in [4.78, 5) is 2.07. The molecule has 1 aromatic carbocycles. The summed E-state index contributed by atoms with van der Waals surface area (Å²) in [6.45, 7) is 0. The van der Waals surface area contributed by atoms with Crippen LogP contribution in [0.1, 0.15) is 0 Å². The molecular formula is C10H11N3S. The van der Waals surface area contributed by atoms with E-state index < -0.39 is 0 Å². The monoisotopic (exact) mass is 205 g/mol. The molecule has 1 aromatic heterocycles. The summed E-state index contributed by atoms with van der Waals surface area (Å²) in [5.41, 5.74) is 3.25. The molecule has 0 saturated heterocycles. The van der Waals surface area contributed by atoms with E-state index >= 15 is 0 Å². The van der Waals surface area contributed by atoms with Gasteiger partial charge in [-0.15, -0.1) is 5.10 Å². The van der Waals surface area contributed by atoms with Gasteiger partial charge in [0.2, 0.25) is 0 Å². The number of hydrogen-bond acceptors (Lipinski definition) is 4. The zero-order valence-corrected chi connectivity index (χ0v) is 8.95. The number of rotatable bonds is 2. The third-order valence-electron chi connectivity index (χ3n) is 2.04. The first kappa shape index (κ1) is 9.15. The van der Waals surface area contributed by atoms with Crippen LogP contribution < -0.4 is 4.90 Å². The number of hydrogen-bond donors (Lipinski definition) is 0. The topological polar surface area (TPSA) is 29.0 Å². The molecule has 0 N–H and O–H groups in total. The Morgan fingerprint density at radius 3 is 2.36 bits per heavy atom. The molecular weight excluding hydrogens is 194 g/mol. The Morgan fingerprint density at radius 2 is 1.86 bits per heavy atom. The molecule has 14 heavy (non-hydrogen) atoms. The number of benzene rings is 1. The van der Waals surface area contributed by atoms with E-state index in [0.29, 0.717) is 0 Å². The maximum Gasteiger partial charge on any atom is 0.105 e. The molecule has 0 atom stereocenters. The van der Waals surface area contributed by atoms with E-state index in [1.807, 2.05) is 19.5 Å². The van der Waals surface area contributed by atoms with Crippen LogP contribution in [0.25, 0.3) is 11.3 Å². The second kappa shape index (κ2) is 3.75. The van der Waals surface area contributed by atoms with Gasteiger partial charge in [0.1, 0.15) is 5.69 Å². The van der Waals surface area contributed by atoms with E-state index in [4.69, 9.17) is 0 Å². The lowest BCUT2D eigenvalue weighted by molar-refractivity contribution is 1.13. The molecule has 4 heteroatoms. The molecule has 0 aliphatic rings. The van der Waals surface area contributed by atoms with Crippen molar-refractivity contribution in [3.8, 4) is 11.3 Å². The van der Waals surface area contributed by atoms with Crippen LogP contribution >= 0.6 is 11.5 Å². The lowest BCUT2D eigenvalue weighted by Crippen LogP contribution is -2.07. The van der Waals surface area contributed by atoms with E-state index in [1.165, 1.54) is 17.2 Å². The largest absolute Gasteiger partial charge is 0.378 e. The van der Waals surface area contributed by atoms with Gasteiger partial charge in [0.25, 0.3) is 0 Å². The van der Waals surface area contributed by atoms with Crippen LogP contribution in [0.4, 0.5) is 5.69 Å². The van der Waals surface area contributed by atoms with E-state index in [1.54, 1.807) is 0 Å². The molecule has 0 aliphatic heterocycles. The second-order valence-electron chi connectivity index (χ2n) is 3.23. The predicted octanol–water partition coefficient (Wildman–Crippen LogP) is 2.27. The van der Waals surface area contributed by atoms with Crippen LogP contribution in [0.15, 0.2) is 29.6 Å². The first-order valence-corrected chi connectivity index (χ1v) is 5.16. The predicted molar refractivity (Wildman–Crippen MR) is 59.7 cm³/mol. The standard InChI is InChI=1S/C10H11N3S/c1-13(2)9-5-3-8(4-6-9)10-7-14-12-11-10/h3-7H,1-2H3. The van der Waals surface area contributed by atoms with Gasteiger partial charge in [0.15, 0.2) is 0 Å². The Kier molecular flexibility index (Phi) is 2.45. The molecule has 0 amide bonds. The van der Waals surface area contributed by atoms with Crippen LogP contribution in [-0.2, 0) is 0 Å². The second-order valence-corrected chi connectivity index (χ2v) is 3.84. The highest BCUT2D eigenvalue weighted by atomic mass is 32.1. The van der Waals surface area contributed by atoms with Gasteiger partial charge in [-0.25, -0.2) is 0 Å². The first-order valence-electron chi connectivity index (χ1n) is 4.32. The fourth-order valence-corrected chi connectivity index (χ4v) is 1.69. The van der Waals surface area contributed by atoms with Crippen LogP contribution in [0.2, 0.25) is 0 Å². The average Bonchev–Trinajstić information content (AvgIpc) is 2.71. The molecule has 0 radical (unpaired) electrons. The zero-order valence-electron chi connectivity index (χ0n) is 8.14. The molecule has 72 valence electrons. The molecule has 0 fully saturated rings. The Labute approximate surface area is 87.2 Å². The highest BCUT2D eigenvalue weighted by molar-refractivity contribution is 7.03. The summed E-state index contributed by atoms with van der Waals surface area (Å²) in [6, 6.07) is 8.28. The van der Waals surface area contributed by atoms with Gasteiger partial charge in [-0.1, -0.05) is 16.6 Å². The fraction of sp³-hybridized carbons (Fsp3) is 0.200. The number of nitrogens with zero attached hydrogens (tertiary/aromatic N) is 3. The van der Waals surface area contributed by atoms with E-state index in [0.717, 1.165) is 11.3 Å². The summed E-state index contributed by atoms with van der Waals surface area (Å²) in [6.07, 6.45) is 0. The van der Waals surface area contributed by atoms with Crippen molar-refractivity contribution in [2.24, 2.45) is 0 Å². The van der Waals surface area contributed by atoms with Gasteiger partial charge >= 0.3 is 0 Å². The third kappa shape index (κ3) is 1.75. The molecule has 0 unspecified atom stereocenters. The van der Waals surface area contributed by atoms with Crippen molar-refractivity contribution < 1.29 is 0 Å². The van der Waals surface area contributed by atoms with Crippen molar-refractivity contribution >= 4 is 17.2 Å². The lowest BCUT2D eigenvalue weighted by atomic mass is 10.1. The van der Waals surface area contributed by atoms with Crippen molar-refractivity contribution in [3.05, 3.63) is 29.6 Å². The molecule has 0 saturated carbocycles. The molecule has 0 bridgehead atoms. The quantitative estimate of drug-likeness (QED) is 0.753. The van der Waals surface area contributed by atoms with E-state index in [9.17, 15) is 0 Å². The summed E-state index contributed by atoms with van der Waals surface area (Å²) in [5, 5.41) is 5.96. The molecule has 0 aliphatic carbocycles. The Hall–Kier alpha value is -1.42. The van der Waals surface area contributed by atoms with Crippen molar-refractivity contribution in [1.29, 1.82) is 0 Å². The fourth-order valence-electron chi connectivity index (χ4n) is 1.22. The first-order chi connectivity index (χ1) is 6.77. The van der Waals surface area contributed by atoms with E-state index in [2.05, 4.69) is 38.8 Å². The highest BCUT2D eigenvalue weighted by Gasteiger charge is 2.00. The molecule has 0 spiro atoms. The maximum atomic E-state index is 4.02. The molecule has 1 heterocycles. The minimum absolute atomic E-state index is 0.945. The maximum absolute atomic E-state index is 4.02. The Balaban J connectivity index is 2.31. The SMILES string of the molecule is CN(C)c1ccc(-c2csnn2)cc1. The average molecular weight is 205 g/mol. The van der Waals surface area contributed by atoms with Gasteiger partial charge < -0.3 is 4.90 Å². The van der Waals surface area contributed by atoms with Crippen LogP contribution in [0, 0.1) is 0 Å². The van der Waals surface area contributed by atoms with Crippen LogP contribution in [-0.4, -0.2) is 23.7 Å². The molecule has 2 aromatic rings. The smallest absolute Gasteiger partial charge is 0.105 e. The minimum atomic E-state index is 0.945. The normalized spacial score (nSPS) is 10.1. The van der Waals surface area contributed by atoms with Crippen molar-refractivity contribution in [2.75, 3.05) is 19.0 Å². The summed E-state index contributed by atoms with van der Waals surface area (Å²) in [5.74, 6) is 0. The highest BCUT2D eigenvalue weighted by Crippen LogP contribution is 2.20. The Bertz CT molecular complexity index is 392. The van der Waals surface area contributed by atoms with Crippen molar-refractivity contribution in [2.45, 2.75) is 0 Å². The molecule has 3 nitrogen and oxygen atoms in total. The van der Waals surface area contributed by atoms with Gasteiger partial charge in [0.05, 0.1) is 0 Å². The van der Waals surface area contributed by atoms with Gasteiger partial charge in [-0.2, -0.15) is 0 Å². The lowest BCUT2D eigenvalue weighted by Gasteiger charge is -2.11. The minimum Gasteiger partial charge on any atom is -0.378 e. The number of aromatic nitrogens is 2. The Morgan fingerprint density at radius 1 is 1.14 bits per heavy atom. The third-order valence-corrected chi connectivity index (χ3v) is 2.54. The van der Waals surface area contributed by atoms with E-state index in [-0.39, 0.29) is 0 Å². The summed E-state index contributed by atoms with van der Waals surface area (Å²) in [7, 11) is 4.05. The molecule has 2 rings (SSSR count). The van der Waals surface area contributed by atoms with Gasteiger partial charge in [-0.05, 0) is 23.7 Å². The summed E-state index contributed by atoms with van der Waals surface area (Å²) < 4.78 is 3.84. The summed E-state index contributed by atoms with van der Waals surface area (Å²) >= 11 is 1.37. The van der Waals surface area contributed by atoms with Gasteiger partial charge in [0, 0.05) is 30.7 Å².